The summed E-state index contributed by atoms with van der Waals surface area (Å²) in [5, 5.41) is 13.3. The van der Waals surface area contributed by atoms with Crippen LogP contribution in [0.5, 0.6) is 5.75 Å². The summed E-state index contributed by atoms with van der Waals surface area (Å²) in [5.41, 5.74) is 3.14. The Balaban J connectivity index is 2.21. The third-order valence-corrected chi connectivity index (χ3v) is 3.53. The second kappa shape index (κ2) is 5.61. The Labute approximate surface area is 121 Å². The van der Waals surface area contributed by atoms with Gasteiger partial charge in [0.2, 0.25) is 0 Å². The fraction of sp³-hybridized carbons (Fsp3) is 0.200. The van der Waals surface area contributed by atoms with Crippen LogP contribution in [0.4, 0.5) is 5.69 Å². The number of aryl methyl sites for hydroxylation is 1. The molecule has 0 saturated heterocycles. The minimum absolute atomic E-state index is 0.0723. The number of phenols is 1. The molecule has 1 unspecified atom stereocenters. The van der Waals surface area contributed by atoms with Crippen molar-refractivity contribution in [1.29, 1.82) is 0 Å². The third-order valence-electron chi connectivity index (χ3n) is 2.86. The first kappa shape index (κ1) is 13.2. The van der Waals surface area contributed by atoms with Crippen LogP contribution in [-0.4, -0.2) is 5.11 Å². The van der Waals surface area contributed by atoms with Gasteiger partial charge in [0.25, 0.3) is 0 Å². The van der Waals surface area contributed by atoms with E-state index in [1.165, 1.54) is 3.57 Å². The van der Waals surface area contributed by atoms with Crippen LogP contribution in [-0.2, 0) is 0 Å². The second-order valence-corrected chi connectivity index (χ2v) is 5.68. The van der Waals surface area contributed by atoms with Crippen molar-refractivity contribution in [3.05, 3.63) is 57.2 Å². The molecule has 0 amide bonds. The molecule has 0 aromatic heterocycles. The quantitative estimate of drug-likeness (QED) is 0.798. The molecule has 3 heteroatoms. The molecule has 0 heterocycles. The van der Waals surface area contributed by atoms with Crippen molar-refractivity contribution >= 4 is 28.3 Å². The van der Waals surface area contributed by atoms with E-state index >= 15 is 0 Å². The summed E-state index contributed by atoms with van der Waals surface area (Å²) in [6.45, 7) is 4.08. The molecule has 2 rings (SSSR count). The molecule has 0 radical (unpaired) electrons. The minimum Gasteiger partial charge on any atom is -0.508 e. The Morgan fingerprint density at radius 3 is 2.67 bits per heavy atom. The first-order valence-corrected chi connectivity index (χ1v) is 6.96. The summed E-state index contributed by atoms with van der Waals surface area (Å²) < 4.78 is 1.19. The van der Waals surface area contributed by atoms with Gasteiger partial charge in [0.1, 0.15) is 5.75 Å². The summed E-state index contributed by atoms with van der Waals surface area (Å²) in [6.07, 6.45) is 0. The van der Waals surface area contributed by atoms with E-state index in [1.807, 2.05) is 38.1 Å². The summed E-state index contributed by atoms with van der Waals surface area (Å²) in [6, 6.07) is 13.9. The lowest BCUT2D eigenvalue weighted by atomic mass is 10.0. The lowest BCUT2D eigenvalue weighted by Gasteiger charge is -2.17. The Morgan fingerprint density at radius 1 is 1.17 bits per heavy atom. The van der Waals surface area contributed by atoms with Crippen LogP contribution < -0.4 is 5.32 Å². The van der Waals surface area contributed by atoms with Crippen molar-refractivity contribution in [1.82, 2.24) is 0 Å². The number of hydrogen-bond acceptors (Lipinski definition) is 2. The van der Waals surface area contributed by atoms with Crippen LogP contribution in [0.25, 0.3) is 0 Å². The van der Waals surface area contributed by atoms with Gasteiger partial charge in [-0.2, -0.15) is 0 Å². The van der Waals surface area contributed by atoms with Crippen molar-refractivity contribution in [2.24, 2.45) is 0 Å². The van der Waals surface area contributed by atoms with E-state index in [1.54, 1.807) is 6.07 Å². The molecule has 0 aliphatic rings. The minimum atomic E-state index is 0.0723. The molecule has 2 aromatic carbocycles. The number of rotatable bonds is 3. The first-order chi connectivity index (χ1) is 8.56. The number of phenolic OH excluding ortho intramolecular Hbond substituents is 1. The first-order valence-electron chi connectivity index (χ1n) is 5.88. The summed E-state index contributed by atoms with van der Waals surface area (Å²) in [4.78, 5) is 0. The van der Waals surface area contributed by atoms with E-state index < -0.39 is 0 Å². The molecule has 2 nitrogen and oxygen atoms in total. The second-order valence-electron chi connectivity index (χ2n) is 4.44. The highest BCUT2D eigenvalue weighted by atomic mass is 127. The van der Waals surface area contributed by atoms with Gasteiger partial charge in [0, 0.05) is 14.8 Å². The molecule has 94 valence electrons. The van der Waals surface area contributed by atoms with Gasteiger partial charge in [-0.15, -0.1) is 0 Å². The largest absolute Gasteiger partial charge is 0.508 e. The molecule has 0 bridgehead atoms. The average Bonchev–Trinajstić information content (AvgIpc) is 2.32. The zero-order valence-corrected chi connectivity index (χ0v) is 12.6. The van der Waals surface area contributed by atoms with Gasteiger partial charge < -0.3 is 10.4 Å². The number of anilines is 1. The summed E-state index contributed by atoms with van der Waals surface area (Å²) in [5.74, 6) is 0.339. The number of aromatic hydroxyl groups is 1. The fourth-order valence-electron chi connectivity index (χ4n) is 1.93. The van der Waals surface area contributed by atoms with Gasteiger partial charge in [-0.1, -0.05) is 23.8 Å². The Kier molecular flexibility index (Phi) is 4.11. The Morgan fingerprint density at radius 2 is 1.94 bits per heavy atom. The van der Waals surface area contributed by atoms with E-state index in [4.69, 9.17) is 0 Å². The summed E-state index contributed by atoms with van der Waals surface area (Å²) >= 11 is 2.29. The SMILES string of the molecule is Cc1ccc(O)c(C(C)Nc2cccc(I)c2)c1. The normalized spacial score (nSPS) is 12.2. The van der Waals surface area contributed by atoms with Crippen molar-refractivity contribution in [3.63, 3.8) is 0 Å². The number of hydrogen-bond donors (Lipinski definition) is 2. The highest BCUT2D eigenvalue weighted by Crippen LogP contribution is 2.28. The van der Waals surface area contributed by atoms with E-state index in [9.17, 15) is 5.11 Å². The van der Waals surface area contributed by atoms with Gasteiger partial charge >= 0.3 is 0 Å². The van der Waals surface area contributed by atoms with Gasteiger partial charge in [-0.3, -0.25) is 0 Å². The maximum atomic E-state index is 9.90. The number of halogens is 1. The molecule has 0 aliphatic heterocycles. The molecular formula is C15H16INO. The monoisotopic (exact) mass is 353 g/mol. The van der Waals surface area contributed by atoms with Crippen molar-refractivity contribution in [2.45, 2.75) is 19.9 Å². The smallest absolute Gasteiger partial charge is 0.120 e. The summed E-state index contributed by atoms with van der Waals surface area (Å²) in [7, 11) is 0. The lowest BCUT2D eigenvalue weighted by molar-refractivity contribution is 0.465. The zero-order chi connectivity index (χ0) is 13.1. The van der Waals surface area contributed by atoms with Crippen LogP contribution in [0, 0.1) is 10.5 Å². The molecule has 1 atom stereocenters. The maximum Gasteiger partial charge on any atom is 0.120 e. The molecular weight excluding hydrogens is 337 g/mol. The third kappa shape index (κ3) is 3.16. The standard InChI is InChI=1S/C15H16INO/c1-10-6-7-15(18)14(8-10)11(2)17-13-5-3-4-12(16)9-13/h3-9,11,17-18H,1-2H3. The van der Waals surface area contributed by atoms with E-state index in [-0.39, 0.29) is 6.04 Å². The molecule has 18 heavy (non-hydrogen) atoms. The predicted octanol–water partition coefficient (Wildman–Crippen LogP) is 4.48. The van der Waals surface area contributed by atoms with Crippen LogP contribution >= 0.6 is 22.6 Å². The highest BCUT2D eigenvalue weighted by molar-refractivity contribution is 14.1. The fourth-order valence-corrected chi connectivity index (χ4v) is 2.47. The van der Waals surface area contributed by atoms with Crippen LogP contribution in [0.3, 0.4) is 0 Å². The van der Waals surface area contributed by atoms with Crippen molar-refractivity contribution in [2.75, 3.05) is 5.32 Å². The van der Waals surface area contributed by atoms with E-state index in [0.717, 1.165) is 16.8 Å². The number of benzene rings is 2. The average molecular weight is 353 g/mol. The molecule has 2 aromatic rings. The van der Waals surface area contributed by atoms with Crippen molar-refractivity contribution in [3.8, 4) is 5.75 Å². The topological polar surface area (TPSA) is 32.3 Å². The number of nitrogens with one attached hydrogen (secondary N) is 1. The van der Waals surface area contributed by atoms with E-state index in [2.05, 4.69) is 40.0 Å². The predicted molar refractivity (Wildman–Crippen MR) is 84.0 cm³/mol. The highest BCUT2D eigenvalue weighted by Gasteiger charge is 2.10. The van der Waals surface area contributed by atoms with Crippen LogP contribution in [0.1, 0.15) is 24.1 Å². The Bertz CT molecular complexity index is 554. The van der Waals surface area contributed by atoms with Crippen LogP contribution in [0.2, 0.25) is 0 Å². The maximum absolute atomic E-state index is 9.90. The lowest BCUT2D eigenvalue weighted by Crippen LogP contribution is -2.07. The van der Waals surface area contributed by atoms with Gasteiger partial charge in [-0.25, -0.2) is 0 Å². The van der Waals surface area contributed by atoms with Gasteiger partial charge in [0.15, 0.2) is 0 Å². The van der Waals surface area contributed by atoms with Gasteiger partial charge in [0.05, 0.1) is 6.04 Å². The molecule has 0 aliphatic carbocycles. The molecule has 0 saturated carbocycles. The van der Waals surface area contributed by atoms with Crippen LogP contribution in [0.15, 0.2) is 42.5 Å². The van der Waals surface area contributed by atoms with E-state index in [0.29, 0.717) is 5.75 Å². The van der Waals surface area contributed by atoms with Gasteiger partial charge in [-0.05, 0) is 60.7 Å². The molecule has 0 fully saturated rings. The molecule has 2 N–H and O–H groups in total. The Hall–Kier alpha value is -1.23. The zero-order valence-electron chi connectivity index (χ0n) is 10.4. The van der Waals surface area contributed by atoms with Crippen molar-refractivity contribution < 1.29 is 5.11 Å². The molecule has 0 spiro atoms.